The number of nitrogens with two attached hydrogens (primary N) is 6. The van der Waals surface area contributed by atoms with Crippen LogP contribution >= 0.6 is 0 Å². The minimum absolute atomic E-state index is 0.320. The number of hydrogen-bond donors (Lipinski definition) is 8. The van der Waals surface area contributed by atoms with Crippen molar-refractivity contribution in [2.45, 2.75) is 22.8 Å². The number of aliphatic hydroxyl groups is 2. The van der Waals surface area contributed by atoms with Gasteiger partial charge in [0.2, 0.25) is 0 Å². The zero-order valence-electron chi connectivity index (χ0n) is 17.4. The van der Waals surface area contributed by atoms with Gasteiger partial charge in [0.15, 0.2) is 11.4 Å². The first-order chi connectivity index (χ1) is 14.9. The molecule has 2 aromatic carbocycles. The largest absolute Gasteiger partial charge is 0.369 e. The Morgan fingerprint density at radius 3 is 1.75 bits per heavy atom. The standard InChI is InChI=1S/C24H28N6O2/c25-21(26)14-17(11-12-22(21,27)31)18-13-19(15-7-3-1-4-8-15)24(30,32)23(28,29)20(18)16-9-5-2-6-10-16/h1-14,31-32H,25-30H2. The van der Waals surface area contributed by atoms with Crippen LogP contribution in [0.4, 0.5) is 0 Å². The fourth-order valence-electron chi connectivity index (χ4n) is 4.06. The van der Waals surface area contributed by atoms with Gasteiger partial charge in [0.1, 0.15) is 11.3 Å². The molecule has 0 amide bonds. The molecule has 0 aromatic heterocycles. The molecule has 0 spiro atoms. The van der Waals surface area contributed by atoms with E-state index in [4.69, 9.17) is 34.4 Å². The summed E-state index contributed by atoms with van der Waals surface area (Å²) in [6.45, 7) is 0. The molecule has 2 unspecified atom stereocenters. The Morgan fingerprint density at radius 2 is 1.22 bits per heavy atom. The van der Waals surface area contributed by atoms with Crippen molar-refractivity contribution in [3.63, 3.8) is 0 Å². The van der Waals surface area contributed by atoms with Gasteiger partial charge in [-0.05, 0) is 40.5 Å². The van der Waals surface area contributed by atoms with Crippen molar-refractivity contribution < 1.29 is 10.2 Å². The third-order valence-corrected chi connectivity index (χ3v) is 6.08. The minimum atomic E-state index is -2.11. The smallest absolute Gasteiger partial charge is 0.176 e. The van der Waals surface area contributed by atoms with Crippen LogP contribution in [0.5, 0.6) is 0 Å². The van der Waals surface area contributed by atoms with Crippen LogP contribution in [0.1, 0.15) is 11.1 Å². The normalized spacial score (nSPS) is 28.9. The molecule has 2 aliphatic rings. The van der Waals surface area contributed by atoms with Crippen molar-refractivity contribution >= 4 is 11.1 Å². The Morgan fingerprint density at radius 1 is 0.688 bits per heavy atom. The van der Waals surface area contributed by atoms with Crippen LogP contribution in [0.25, 0.3) is 11.1 Å². The van der Waals surface area contributed by atoms with Crippen LogP contribution in [0.15, 0.2) is 96.1 Å². The van der Waals surface area contributed by atoms with Crippen molar-refractivity contribution in [1.82, 2.24) is 0 Å². The molecule has 8 nitrogen and oxygen atoms in total. The van der Waals surface area contributed by atoms with Gasteiger partial charge in [-0.15, -0.1) is 0 Å². The van der Waals surface area contributed by atoms with Gasteiger partial charge in [0.05, 0.1) is 0 Å². The highest BCUT2D eigenvalue weighted by Gasteiger charge is 2.52. The van der Waals surface area contributed by atoms with Gasteiger partial charge in [0.25, 0.3) is 0 Å². The molecule has 32 heavy (non-hydrogen) atoms. The van der Waals surface area contributed by atoms with Crippen molar-refractivity contribution in [3.05, 3.63) is 107 Å². The van der Waals surface area contributed by atoms with Gasteiger partial charge in [-0.1, -0.05) is 66.7 Å². The quantitative estimate of drug-likeness (QED) is 0.298. The lowest BCUT2D eigenvalue weighted by molar-refractivity contribution is 0.0367. The Kier molecular flexibility index (Phi) is 5.09. The summed E-state index contributed by atoms with van der Waals surface area (Å²) >= 11 is 0. The van der Waals surface area contributed by atoms with Gasteiger partial charge >= 0.3 is 0 Å². The second-order valence-electron chi connectivity index (χ2n) is 8.41. The molecular weight excluding hydrogens is 404 g/mol. The zero-order chi connectivity index (χ0) is 23.4. The maximum atomic E-state index is 11.4. The average molecular weight is 433 g/mol. The lowest BCUT2D eigenvalue weighted by Gasteiger charge is -2.47. The predicted octanol–water partition coefficient (Wildman–Crippen LogP) is -0.444. The molecule has 0 aliphatic heterocycles. The topological polar surface area (TPSA) is 197 Å². The summed E-state index contributed by atoms with van der Waals surface area (Å²) in [5.41, 5.74) is 33.0. The molecule has 0 heterocycles. The highest BCUT2D eigenvalue weighted by atomic mass is 16.3. The van der Waals surface area contributed by atoms with Crippen LogP contribution in [0.2, 0.25) is 0 Å². The second-order valence-corrected chi connectivity index (χ2v) is 8.41. The van der Waals surface area contributed by atoms with E-state index in [0.717, 1.165) is 0 Å². The maximum Gasteiger partial charge on any atom is 0.176 e. The van der Waals surface area contributed by atoms with E-state index in [2.05, 4.69) is 0 Å². The van der Waals surface area contributed by atoms with E-state index in [-0.39, 0.29) is 0 Å². The molecule has 166 valence electrons. The van der Waals surface area contributed by atoms with E-state index in [1.165, 1.54) is 12.2 Å². The summed E-state index contributed by atoms with van der Waals surface area (Å²) in [6.07, 6.45) is 6.06. The van der Waals surface area contributed by atoms with Gasteiger partial charge in [0, 0.05) is 11.1 Å². The zero-order valence-corrected chi connectivity index (χ0v) is 17.4. The summed E-state index contributed by atoms with van der Waals surface area (Å²) in [7, 11) is 0. The lowest BCUT2D eigenvalue weighted by Crippen LogP contribution is -2.73. The van der Waals surface area contributed by atoms with Crippen LogP contribution < -0.4 is 34.4 Å². The number of allylic oxidation sites excluding steroid dienone is 4. The van der Waals surface area contributed by atoms with Crippen molar-refractivity contribution in [2.24, 2.45) is 34.4 Å². The Balaban J connectivity index is 2.06. The van der Waals surface area contributed by atoms with Crippen molar-refractivity contribution in [3.8, 4) is 0 Å². The summed E-state index contributed by atoms with van der Waals surface area (Å²) < 4.78 is 0. The fourth-order valence-corrected chi connectivity index (χ4v) is 4.06. The van der Waals surface area contributed by atoms with Crippen LogP contribution in [-0.4, -0.2) is 33.0 Å². The van der Waals surface area contributed by atoms with Crippen LogP contribution in [-0.2, 0) is 0 Å². The lowest BCUT2D eigenvalue weighted by atomic mass is 9.70. The molecule has 8 heteroatoms. The van der Waals surface area contributed by atoms with E-state index in [0.29, 0.717) is 33.4 Å². The average Bonchev–Trinajstić information content (AvgIpc) is 2.73. The molecule has 0 saturated heterocycles. The van der Waals surface area contributed by atoms with E-state index in [1.807, 2.05) is 48.5 Å². The third kappa shape index (κ3) is 3.36. The summed E-state index contributed by atoms with van der Waals surface area (Å²) in [5.74, 6) is 0. The monoisotopic (exact) mass is 432 g/mol. The van der Waals surface area contributed by atoms with Crippen molar-refractivity contribution in [2.75, 3.05) is 0 Å². The van der Waals surface area contributed by atoms with Gasteiger partial charge in [-0.25, -0.2) is 0 Å². The number of hydrogen-bond acceptors (Lipinski definition) is 8. The first-order valence-electron chi connectivity index (χ1n) is 10.1. The molecule has 0 radical (unpaired) electrons. The first kappa shape index (κ1) is 22.3. The molecule has 2 atom stereocenters. The summed E-state index contributed by atoms with van der Waals surface area (Å²) in [6, 6.07) is 18.2. The van der Waals surface area contributed by atoms with E-state index in [1.54, 1.807) is 24.3 Å². The second kappa shape index (κ2) is 7.31. The maximum absolute atomic E-state index is 11.4. The highest BCUT2D eigenvalue weighted by molar-refractivity contribution is 5.93. The molecule has 0 fully saturated rings. The molecular formula is C24H28N6O2. The number of benzene rings is 2. The van der Waals surface area contributed by atoms with Gasteiger partial charge in [-0.2, -0.15) is 0 Å². The molecule has 2 aromatic rings. The summed E-state index contributed by atoms with van der Waals surface area (Å²) in [4.78, 5) is 0. The van der Waals surface area contributed by atoms with Gasteiger partial charge < -0.3 is 33.1 Å². The fraction of sp³-hybridized carbons (Fsp3) is 0.167. The van der Waals surface area contributed by atoms with E-state index >= 15 is 0 Å². The minimum Gasteiger partial charge on any atom is -0.369 e. The molecule has 0 saturated carbocycles. The van der Waals surface area contributed by atoms with E-state index in [9.17, 15) is 10.2 Å². The first-order valence-corrected chi connectivity index (χ1v) is 10.1. The van der Waals surface area contributed by atoms with E-state index < -0.39 is 22.8 Å². The van der Waals surface area contributed by atoms with Crippen LogP contribution in [0.3, 0.4) is 0 Å². The third-order valence-electron chi connectivity index (χ3n) is 6.08. The van der Waals surface area contributed by atoms with Gasteiger partial charge in [-0.3, -0.25) is 11.5 Å². The molecule has 4 rings (SSSR count). The SMILES string of the molecule is NC1(N)C=C(C2=C(c3ccccc3)C(N)(N)C(N)(O)C(c3ccccc3)=C2)C=CC1(N)O. The van der Waals surface area contributed by atoms with Crippen LogP contribution in [0, 0.1) is 0 Å². The molecule has 14 N–H and O–H groups in total. The number of rotatable bonds is 3. The molecule has 0 bridgehead atoms. The Hall–Kier alpha value is -2.92. The molecule has 2 aliphatic carbocycles. The predicted molar refractivity (Wildman–Crippen MR) is 125 cm³/mol. The highest BCUT2D eigenvalue weighted by Crippen LogP contribution is 2.45. The Labute approximate surface area is 186 Å². The Bertz CT molecular complexity index is 1160. The van der Waals surface area contributed by atoms with Crippen molar-refractivity contribution in [1.29, 1.82) is 0 Å². The summed E-state index contributed by atoms with van der Waals surface area (Å²) in [5, 5.41) is 21.8.